The number of aromatic nitrogens is 4. The number of para-hydroxylation sites is 3. The average molecular weight is 381 g/mol. The zero-order valence-electron chi connectivity index (χ0n) is 14.6. The minimum Gasteiger partial charge on any atom is -0.330 e. The molecule has 0 bridgehead atoms. The van der Waals surface area contributed by atoms with Crippen molar-refractivity contribution in [3.8, 4) is 5.69 Å². The van der Waals surface area contributed by atoms with E-state index in [0.29, 0.717) is 6.54 Å². The van der Waals surface area contributed by atoms with E-state index in [1.807, 2.05) is 65.4 Å². The third-order valence-electron chi connectivity index (χ3n) is 4.28. The number of sulfonamides is 1. The molecule has 0 aliphatic carbocycles. The first-order valence-corrected chi connectivity index (χ1v) is 10.2. The van der Waals surface area contributed by atoms with Crippen LogP contribution in [0, 0.1) is 0 Å². The fourth-order valence-electron chi connectivity index (χ4n) is 2.85. The van der Waals surface area contributed by atoms with Gasteiger partial charge in [0.05, 0.1) is 35.0 Å². The van der Waals surface area contributed by atoms with Crippen molar-refractivity contribution in [1.82, 2.24) is 24.1 Å². The SMILES string of the molecule is O=S(=O)(CCn1cnc2ccccc21)NCc1cnn(-c2ccccc2)c1. The number of fused-ring (bicyclic) bond motifs is 1. The zero-order valence-corrected chi connectivity index (χ0v) is 15.4. The predicted octanol–water partition coefficient (Wildman–Crippen LogP) is 2.34. The van der Waals surface area contributed by atoms with Gasteiger partial charge in [0, 0.05) is 24.8 Å². The molecule has 138 valence electrons. The van der Waals surface area contributed by atoms with Crippen molar-refractivity contribution < 1.29 is 8.42 Å². The summed E-state index contributed by atoms with van der Waals surface area (Å²) >= 11 is 0. The van der Waals surface area contributed by atoms with E-state index in [0.717, 1.165) is 22.3 Å². The second-order valence-corrected chi connectivity index (χ2v) is 8.12. The lowest BCUT2D eigenvalue weighted by atomic mass is 10.3. The maximum absolute atomic E-state index is 12.3. The molecule has 1 N–H and O–H groups in total. The summed E-state index contributed by atoms with van der Waals surface area (Å²) in [5.41, 5.74) is 3.52. The standard InChI is InChI=1S/C19H19N5O2S/c25-27(26,11-10-23-15-20-18-8-4-5-9-19(18)23)22-13-16-12-21-24(14-16)17-6-2-1-3-7-17/h1-9,12,14-15,22H,10-11,13H2. The van der Waals surface area contributed by atoms with E-state index >= 15 is 0 Å². The average Bonchev–Trinajstić information content (AvgIpc) is 3.33. The van der Waals surface area contributed by atoms with Crippen LogP contribution in [0.4, 0.5) is 0 Å². The Bertz CT molecular complexity index is 1150. The molecule has 8 heteroatoms. The van der Waals surface area contributed by atoms with E-state index in [9.17, 15) is 8.42 Å². The van der Waals surface area contributed by atoms with Gasteiger partial charge in [-0.2, -0.15) is 5.10 Å². The van der Waals surface area contributed by atoms with E-state index in [1.54, 1.807) is 17.2 Å². The summed E-state index contributed by atoms with van der Waals surface area (Å²) < 4.78 is 30.9. The molecule has 4 rings (SSSR count). The quantitative estimate of drug-likeness (QED) is 0.533. The molecule has 0 saturated heterocycles. The fraction of sp³-hybridized carbons (Fsp3) is 0.158. The summed E-state index contributed by atoms with van der Waals surface area (Å²) in [6.45, 7) is 0.555. The van der Waals surface area contributed by atoms with Gasteiger partial charge in [-0.1, -0.05) is 30.3 Å². The highest BCUT2D eigenvalue weighted by Gasteiger charge is 2.12. The molecule has 4 aromatic rings. The summed E-state index contributed by atoms with van der Waals surface area (Å²) in [6, 6.07) is 17.3. The van der Waals surface area contributed by atoms with Crippen molar-refractivity contribution >= 4 is 21.1 Å². The number of benzene rings is 2. The Balaban J connectivity index is 1.37. The monoisotopic (exact) mass is 381 g/mol. The molecule has 0 aliphatic heterocycles. The Morgan fingerprint density at radius 1 is 1.00 bits per heavy atom. The molecule has 0 amide bonds. The maximum atomic E-state index is 12.3. The first kappa shape index (κ1) is 17.4. The number of nitrogens with zero attached hydrogens (tertiary/aromatic N) is 4. The lowest BCUT2D eigenvalue weighted by Crippen LogP contribution is -2.27. The van der Waals surface area contributed by atoms with Gasteiger partial charge in [0.2, 0.25) is 10.0 Å². The summed E-state index contributed by atoms with van der Waals surface area (Å²) in [6.07, 6.45) is 5.16. The molecule has 0 saturated carbocycles. The van der Waals surface area contributed by atoms with Gasteiger partial charge in [0.25, 0.3) is 0 Å². The lowest BCUT2D eigenvalue weighted by Gasteiger charge is -2.07. The molecular formula is C19H19N5O2S. The van der Waals surface area contributed by atoms with E-state index in [1.165, 1.54) is 0 Å². The highest BCUT2D eigenvalue weighted by Crippen LogP contribution is 2.12. The lowest BCUT2D eigenvalue weighted by molar-refractivity contribution is 0.575. The van der Waals surface area contributed by atoms with Gasteiger partial charge >= 0.3 is 0 Å². The highest BCUT2D eigenvalue weighted by molar-refractivity contribution is 7.89. The number of hydrogen-bond acceptors (Lipinski definition) is 4. The van der Waals surface area contributed by atoms with Crippen LogP contribution in [0.2, 0.25) is 0 Å². The first-order valence-electron chi connectivity index (χ1n) is 8.57. The van der Waals surface area contributed by atoms with Crippen molar-refractivity contribution in [2.24, 2.45) is 0 Å². The summed E-state index contributed by atoms with van der Waals surface area (Å²) in [7, 11) is -3.42. The van der Waals surface area contributed by atoms with Crippen LogP contribution in [0.5, 0.6) is 0 Å². The van der Waals surface area contributed by atoms with E-state index < -0.39 is 10.0 Å². The number of rotatable bonds is 7. The predicted molar refractivity (Wildman–Crippen MR) is 104 cm³/mol. The van der Waals surface area contributed by atoms with Crippen molar-refractivity contribution in [2.45, 2.75) is 13.1 Å². The van der Waals surface area contributed by atoms with Crippen molar-refractivity contribution in [2.75, 3.05) is 5.75 Å². The van der Waals surface area contributed by atoms with Crippen LogP contribution in [-0.4, -0.2) is 33.5 Å². The Labute approximate surface area is 157 Å². The number of aryl methyl sites for hydroxylation is 1. The van der Waals surface area contributed by atoms with Gasteiger partial charge in [-0.15, -0.1) is 0 Å². The van der Waals surface area contributed by atoms with Crippen molar-refractivity contribution in [1.29, 1.82) is 0 Å². The van der Waals surface area contributed by atoms with Crippen LogP contribution < -0.4 is 4.72 Å². The molecule has 0 spiro atoms. The molecule has 27 heavy (non-hydrogen) atoms. The van der Waals surface area contributed by atoms with Crippen LogP contribution in [0.1, 0.15) is 5.56 Å². The summed E-state index contributed by atoms with van der Waals surface area (Å²) in [5.74, 6) is -0.0137. The minimum atomic E-state index is -3.42. The minimum absolute atomic E-state index is 0.0137. The Hall–Kier alpha value is -2.97. The third kappa shape index (κ3) is 4.07. The molecule has 2 aromatic heterocycles. The van der Waals surface area contributed by atoms with Gasteiger partial charge in [-0.05, 0) is 24.3 Å². The maximum Gasteiger partial charge on any atom is 0.213 e. The highest BCUT2D eigenvalue weighted by atomic mass is 32.2. The molecule has 7 nitrogen and oxygen atoms in total. The van der Waals surface area contributed by atoms with Crippen molar-refractivity contribution in [3.63, 3.8) is 0 Å². The Morgan fingerprint density at radius 3 is 2.63 bits per heavy atom. The first-order chi connectivity index (χ1) is 13.1. The number of hydrogen-bond donors (Lipinski definition) is 1. The van der Waals surface area contributed by atoms with Crippen LogP contribution in [0.25, 0.3) is 16.7 Å². The topological polar surface area (TPSA) is 81.8 Å². The second-order valence-electron chi connectivity index (χ2n) is 6.20. The number of nitrogens with one attached hydrogen (secondary N) is 1. The Morgan fingerprint density at radius 2 is 1.78 bits per heavy atom. The second kappa shape index (κ2) is 7.34. The fourth-order valence-corrected chi connectivity index (χ4v) is 3.81. The van der Waals surface area contributed by atoms with Crippen LogP contribution in [0.15, 0.2) is 73.3 Å². The van der Waals surface area contributed by atoms with Gasteiger partial charge in [0.1, 0.15) is 0 Å². The normalized spacial score (nSPS) is 11.9. The summed E-state index contributed by atoms with van der Waals surface area (Å²) in [4.78, 5) is 4.28. The molecular weight excluding hydrogens is 362 g/mol. The Kier molecular flexibility index (Phi) is 4.74. The van der Waals surface area contributed by atoms with Crippen molar-refractivity contribution in [3.05, 3.63) is 78.9 Å². The van der Waals surface area contributed by atoms with E-state index in [-0.39, 0.29) is 12.3 Å². The van der Waals surface area contributed by atoms with Crippen LogP contribution >= 0.6 is 0 Å². The zero-order chi connectivity index (χ0) is 18.7. The molecule has 0 aliphatic rings. The molecule has 0 fully saturated rings. The van der Waals surface area contributed by atoms with Gasteiger partial charge < -0.3 is 4.57 Å². The molecule has 2 aromatic carbocycles. The van der Waals surface area contributed by atoms with Gasteiger partial charge in [-0.3, -0.25) is 0 Å². The number of imidazole rings is 1. The van der Waals surface area contributed by atoms with Crippen LogP contribution in [-0.2, 0) is 23.1 Å². The molecule has 0 atom stereocenters. The molecule has 0 unspecified atom stereocenters. The van der Waals surface area contributed by atoms with Crippen LogP contribution in [0.3, 0.4) is 0 Å². The van der Waals surface area contributed by atoms with Gasteiger partial charge in [-0.25, -0.2) is 22.8 Å². The molecule has 2 heterocycles. The van der Waals surface area contributed by atoms with E-state index in [4.69, 9.17) is 0 Å². The summed E-state index contributed by atoms with van der Waals surface area (Å²) in [5, 5.41) is 4.28. The smallest absolute Gasteiger partial charge is 0.213 e. The van der Waals surface area contributed by atoms with E-state index in [2.05, 4.69) is 14.8 Å². The largest absolute Gasteiger partial charge is 0.330 e. The van der Waals surface area contributed by atoms with Gasteiger partial charge in [0.15, 0.2) is 0 Å². The third-order valence-corrected chi connectivity index (χ3v) is 5.59. The molecule has 0 radical (unpaired) electrons.